The lowest BCUT2D eigenvalue weighted by atomic mass is 10.2. The van der Waals surface area contributed by atoms with Crippen LogP contribution in [0.1, 0.15) is 39.3 Å². The molecule has 92 valence electrons. The Balaban J connectivity index is 2.64. The predicted molar refractivity (Wildman–Crippen MR) is 71.8 cm³/mol. The van der Waals surface area contributed by atoms with Gasteiger partial charge in [-0.15, -0.1) is 11.8 Å². The maximum atomic E-state index is 6.10. The third kappa shape index (κ3) is 3.44. The lowest BCUT2D eigenvalue weighted by Gasteiger charge is -2.05. The first-order valence-corrected chi connectivity index (χ1v) is 6.99. The third-order valence-electron chi connectivity index (χ3n) is 2.53. The zero-order chi connectivity index (χ0) is 12.1. The summed E-state index contributed by atoms with van der Waals surface area (Å²) in [6, 6.07) is 0. The van der Waals surface area contributed by atoms with Gasteiger partial charge in [0.05, 0.1) is 11.4 Å². The number of thioether (sulfide) groups is 1. The van der Waals surface area contributed by atoms with Crippen molar-refractivity contribution < 1.29 is 0 Å². The van der Waals surface area contributed by atoms with E-state index in [0.29, 0.717) is 0 Å². The fraction of sp³-hybridized carbons (Fsp3) is 0.750. The van der Waals surface area contributed by atoms with Crippen LogP contribution >= 0.6 is 11.8 Å². The SMILES string of the molecule is CCCc1nn(C)c(SCCC(C)C)c1N. The third-order valence-corrected chi connectivity index (χ3v) is 3.72. The number of nitrogens with zero attached hydrogens (tertiary/aromatic N) is 2. The minimum atomic E-state index is 0.747. The summed E-state index contributed by atoms with van der Waals surface area (Å²) >= 11 is 1.82. The first-order chi connectivity index (χ1) is 7.56. The standard InChI is InChI=1S/C12H23N3S/c1-5-6-10-11(13)12(15(4)14-10)16-8-7-9(2)3/h9H,5-8,13H2,1-4H3. The molecule has 0 unspecified atom stereocenters. The Hall–Kier alpha value is -0.640. The molecule has 0 radical (unpaired) electrons. The van der Waals surface area contributed by atoms with Crippen molar-refractivity contribution in [3.63, 3.8) is 0 Å². The molecule has 0 aliphatic rings. The highest BCUT2D eigenvalue weighted by Gasteiger charge is 2.12. The smallest absolute Gasteiger partial charge is 0.117 e. The van der Waals surface area contributed by atoms with E-state index >= 15 is 0 Å². The van der Waals surface area contributed by atoms with Gasteiger partial charge in [-0.05, 0) is 24.5 Å². The molecule has 0 bridgehead atoms. The van der Waals surface area contributed by atoms with E-state index in [0.717, 1.165) is 40.9 Å². The molecule has 0 saturated heterocycles. The van der Waals surface area contributed by atoms with Gasteiger partial charge in [-0.1, -0.05) is 27.2 Å². The highest BCUT2D eigenvalue weighted by atomic mass is 32.2. The van der Waals surface area contributed by atoms with Gasteiger partial charge in [0.2, 0.25) is 0 Å². The van der Waals surface area contributed by atoms with Gasteiger partial charge in [0.15, 0.2) is 0 Å². The Morgan fingerprint density at radius 3 is 2.69 bits per heavy atom. The molecule has 16 heavy (non-hydrogen) atoms. The molecule has 1 rings (SSSR count). The quantitative estimate of drug-likeness (QED) is 0.778. The zero-order valence-electron chi connectivity index (χ0n) is 10.8. The Morgan fingerprint density at radius 1 is 1.44 bits per heavy atom. The van der Waals surface area contributed by atoms with Crippen LogP contribution in [0.5, 0.6) is 0 Å². The molecule has 0 saturated carbocycles. The highest BCUT2D eigenvalue weighted by molar-refractivity contribution is 7.99. The molecule has 0 spiro atoms. The van der Waals surface area contributed by atoms with Crippen LogP contribution in [0.15, 0.2) is 5.03 Å². The highest BCUT2D eigenvalue weighted by Crippen LogP contribution is 2.29. The molecular formula is C12H23N3S. The van der Waals surface area contributed by atoms with Crippen LogP contribution in [0, 0.1) is 5.92 Å². The number of rotatable bonds is 6. The molecule has 0 aliphatic heterocycles. The van der Waals surface area contributed by atoms with E-state index in [9.17, 15) is 0 Å². The van der Waals surface area contributed by atoms with Crippen LogP contribution in [0.2, 0.25) is 0 Å². The van der Waals surface area contributed by atoms with Crippen molar-refractivity contribution in [3.8, 4) is 0 Å². The normalized spacial score (nSPS) is 11.3. The van der Waals surface area contributed by atoms with E-state index in [1.807, 2.05) is 23.5 Å². The number of hydrogen-bond donors (Lipinski definition) is 1. The average molecular weight is 241 g/mol. The van der Waals surface area contributed by atoms with Gasteiger partial charge in [-0.2, -0.15) is 5.10 Å². The second-order valence-electron chi connectivity index (χ2n) is 4.57. The van der Waals surface area contributed by atoms with Crippen LogP contribution < -0.4 is 5.73 Å². The van der Waals surface area contributed by atoms with E-state index in [4.69, 9.17) is 5.73 Å². The van der Waals surface area contributed by atoms with E-state index in [2.05, 4.69) is 25.9 Å². The second-order valence-corrected chi connectivity index (χ2v) is 5.65. The fourth-order valence-electron chi connectivity index (χ4n) is 1.56. The number of hydrogen-bond acceptors (Lipinski definition) is 3. The average Bonchev–Trinajstić information content (AvgIpc) is 2.45. The van der Waals surface area contributed by atoms with Crippen LogP contribution in [0.3, 0.4) is 0 Å². The monoisotopic (exact) mass is 241 g/mol. The summed E-state index contributed by atoms with van der Waals surface area (Å²) in [7, 11) is 1.98. The predicted octanol–water partition coefficient (Wildman–Crippen LogP) is 3.09. The molecule has 1 heterocycles. The molecule has 0 aliphatic carbocycles. The largest absolute Gasteiger partial charge is 0.395 e. The van der Waals surface area contributed by atoms with Gasteiger partial charge in [0.1, 0.15) is 5.03 Å². The molecule has 2 N–H and O–H groups in total. The number of aryl methyl sites for hydroxylation is 2. The summed E-state index contributed by atoms with van der Waals surface area (Å²) < 4.78 is 1.92. The van der Waals surface area contributed by atoms with Crippen molar-refractivity contribution in [3.05, 3.63) is 5.69 Å². The van der Waals surface area contributed by atoms with Gasteiger partial charge in [-0.25, -0.2) is 0 Å². The van der Waals surface area contributed by atoms with Gasteiger partial charge >= 0.3 is 0 Å². The molecule has 0 atom stereocenters. The number of aromatic nitrogens is 2. The molecule has 1 aromatic rings. The van der Waals surface area contributed by atoms with Crippen LogP contribution in [0.25, 0.3) is 0 Å². The molecule has 3 nitrogen and oxygen atoms in total. The summed E-state index contributed by atoms with van der Waals surface area (Å²) in [5.41, 5.74) is 8.04. The lowest BCUT2D eigenvalue weighted by molar-refractivity contribution is 0.630. The minimum Gasteiger partial charge on any atom is -0.395 e. The van der Waals surface area contributed by atoms with Gasteiger partial charge in [0, 0.05) is 7.05 Å². The summed E-state index contributed by atoms with van der Waals surface area (Å²) in [6.45, 7) is 6.64. The van der Waals surface area contributed by atoms with Gasteiger partial charge in [-0.3, -0.25) is 4.68 Å². The van der Waals surface area contributed by atoms with Crippen molar-refractivity contribution in [1.29, 1.82) is 0 Å². The molecule has 4 heteroatoms. The molecule has 0 fully saturated rings. The van der Waals surface area contributed by atoms with E-state index < -0.39 is 0 Å². The molecule has 0 amide bonds. The summed E-state index contributed by atoms with van der Waals surface area (Å²) in [5.74, 6) is 1.87. The van der Waals surface area contributed by atoms with E-state index in [1.54, 1.807) is 0 Å². The molecule has 0 aromatic carbocycles. The topological polar surface area (TPSA) is 43.8 Å². The number of nitrogen functional groups attached to an aromatic ring is 1. The minimum absolute atomic E-state index is 0.747. The van der Waals surface area contributed by atoms with Crippen molar-refractivity contribution in [2.45, 2.75) is 45.1 Å². The maximum absolute atomic E-state index is 6.10. The summed E-state index contributed by atoms with van der Waals surface area (Å²) in [4.78, 5) is 0. The zero-order valence-corrected chi connectivity index (χ0v) is 11.6. The lowest BCUT2D eigenvalue weighted by Crippen LogP contribution is -1.96. The first-order valence-electron chi connectivity index (χ1n) is 6.00. The maximum Gasteiger partial charge on any atom is 0.117 e. The van der Waals surface area contributed by atoms with Gasteiger partial charge < -0.3 is 5.73 Å². The van der Waals surface area contributed by atoms with Gasteiger partial charge in [0.25, 0.3) is 0 Å². The summed E-state index contributed by atoms with van der Waals surface area (Å²) in [6.07, 6.45) is 3.29. The number of nitrogens with two attached hydrogens (primary N) is 1. The molecule has 1 aromatic heterocycles. The summed E-state index contributed by atoms with van der Waals surface area (Å²) in [5, 5.41) is 5.60. The Labute approximate surface area is 103 Å². The number of anilines is 1. The van der Waals surface area contributed by atoms with E-state index in [-0.39, 0.29) is 0 Å². The Kier molecular flexibility index (Phi) is 5.19. The van der Waals surface area contributed by atoms with Crippen molar-refractivity contribution >= 4 is 17.4 Å². The Morgan fingerprint density at radius 2 is 2.12 bits per heavy atom. The Bertz CT molecular complexity index is 331. The fourth-order valence-corrected chi connectivity index (χ4v) is 2.85. The van der Waals surface area contributed by atoms with E-state index in [1.165, 1.54) is 6.42 Å². The van der Waals surface area contributed by atoms with Crippen LogP contribution in [-0.4, -0.2) is 15.5 Å². The van der Waals surface area contributed by atoms with Crippen molar-refractivity contribution in [2.24, 2.45) is 13.0 Å². The van der Waals surface area contributed by atoms with Crippen molar-refractivity contribution in [2.75, 3.05) is 11.5 Å². The van der Waals surface area contributed by atoms with Crippen LogP contribution in [-0.2, 0) is 13.5 Å². The van der Waals surface area contributed by atoms with Crippen molar-refractivity contribution in [1.82, 2.24) is 9.78 Å². The molecular weight excluding hydrogens is 218 g/mol. The second kappa shape index (κ2) is 6.18. The first kappa shape index (κ1) is 13.4. The van der Waals surface area contributed by atoms with Crippen LogP contribution in [0.4, 0.5) is 5.69 Å².